The molecule has 1 aliphatic heterocycles. The van der Waals surface area contributed by atoms with E-state index in [1.807, 2.05) is 6.20 Å². The van der Waals surface area contributed by atoms with E-state index in [1.165, 1.54) is 19.2 Å². The molecule has 1 aromatic carbocycles. The summed E-state index contributed by atoms with van der Waals surface area (Å²) in [6.45, 7) is 1.11. The normalized spacial score (nSPS) is 16.4. The van der Waals surface area contributed by atoms with Crippen LogP contribution in [-0.2, 0) is 11.2 Å². The van der Waals surface area contributed by atoms with Crippen molar-refractivity contribution in [3.05, 3.63) is 35.8 Å². The molecule has 7 heteroatoms. The Bertz CT molecular complexity index is 704. The molecule has 0 aliphatic carbocycles. The van der Waals surface area contributed by atoms with Crippen LogP contribution in [0, 0.1) is 5.82 Å². The van der Waals surface area contributed by atoms with Crippen LogP contribution in [0.4, 0.5) is 9.18 Å². The molecule has 124 valence electrons. The average molecular weight is 321 g/mol. The number of hydrogen-bond donors (Lipinski definition) is 3. The minimum absolute atomic E-state index is 0.103. The van der Waals surface area contributed by atoms with Crippen molar-refractivity contribution in [1.82, 2.24) is 15.2 Å². The van der Waals surface area contributed by atoms with E-state index in [1.54, 1.807) is 11.0 Å². The SMILES string of the molecule is COC1(CO)CN(C(=O)NCCc2c[nH]c3ccc(F)cc23)C1. The van der Waals surface area contributed by atoms with E-state index in [0.29, 0.717) is 26.1 Å². The number of aromatic amines is 1. The molecular weight excluding hydrogens is 301 g/mol. The molecule has 0 bridgehead atoms. The molecule has 2 heterocycles. The van der Waals surface area contributed by atoms with E-state index in [-0.39, 0.29) is 18.5 Å². The van der Waals surface area contributed by atoms with Gasteiger partial charge in [0.05, 0.1) is 19.7 Å². The molecule has 1 saturated heterocycles. The van der Waals surface area contributed by atoms with Crippen LogP contribution in [-0.4, -0.2) is 60.0 Å². The quantitative estimate of drug-likeness (QED) is 0.776. The van der Waals surface area contributed by atoms with Crippen molar-refractivity contribution in [2.45, 2.75) is 12.0 Å². The van der Waals surface area contributed by atoms with Crippen LogP contribution in [0.2, 0.25) is 0 Å². The second-order valence-corrected chi connectivity index (χ2v) is 5.89. The number of ether oxygens (including phenoxy) is 1. The third-order valence-electron chi connectivity index (χ3n) is 4.37. The van der Waals surface area contributed by atoms with Crippen LogP contribution in [0.5, 0.6) is 0 Å². The maximum Gasteiger partial charge on any atom is 0.317 e. The van der Waals surface area contributed by atoms with Crippen LogP contribution >= 0.6 is 0 Å². The number of carbonyl (C=O) groups is 1. The van der Waals surface area contributed by atoms with Gasteiger partial charge in [0.25, 0.3) is 0 Å². The van der Waals surface area contributed by atoms with Gasteiger partial charge >= 0.3 is 6.03 Å². The van der Waals surface area contributed by atoms with Gasteiger partial charge in [-0.2, -0.15) is 0 Å². The van der Waals surface area contributed by atoms with Gasteiger partial charge in [-0.25, -0.2) is 9.18 Å². The van der Waals surface area contributed by atoms with Crippen molar-refractivity contribution >= 4 is 16.9 Å². The smallest absolute Gasteiger partial charge is 0.317 e. The molecule has 2 aromatic rings. The Labute approximate surface area is 133 Å². The average Bonchev–Trinajstić information content (AvgIpc) is 2.90. The molecule has 6 nitrogen and oxygen atoms in total. The van der Waals surface area contributed by atoms with E-state index >= 15 is 0 Å². The first-order chi connectivity index (χ1) is 11.1. The van der Waals surface area contributed by atoms with Crippen molar-refractivity contribution < 1.29 is 19.0 Å². The third kappa shape index (κ3) is 3.02. The summed E-state index contributed by atoms with van der Waals surface area (Å²) in [7, 11) is 1.53. The van der Waals surface area contributed by atoms with Crippen LogP contribution in [0.3, 0.4) is 0 Å². The van der Waals surface area contributed by atoms with E-state index in [9.17, 15) is 14.3 Å². The molecule has 23 heavy (non-hydrogen) atoms. The number of nitrogens with one attached hydrogen (secondary N) is 2. The maximum absolute atomic E-state index is 13.3. The summed E-state index contributed by atoms with van der Waals surface area (Å²) < 4.78 is 18.5. The summed E-state index contributed by atoms with van der Waals surface area (Å²) in [5.74, 6) is -0.275. The number of halogens is 1. The number of amides is 2. The highest BCUT2D eigenvalue weighted by atomic mass is 19.1. The number of benzene rings is 1. The van der Waals surface area contributed by atoms with Gasteiger partial charge in [0.2, 0.25) is 0 Å². The van der Waals surface area contributed by atoms with E-state index in [4.69, 9.17) is 4.74 Å². The molecule has 3 N–H and O–H groups in total. The topological polar surface area (TPSA) is 77.6 Å². The first-order valence-electron chi connectivity index (χ1n) is 7.51. The predicted octanol–water partition coefficient (Wildman–Crippen LogP) is 1.25. The zero-order chi connectivity index (χ0) is 16.4. The highest BCUT2D eigenvalue weighted by molar-refractivity contribution is 5.83. The lowest BCUT2D eigenvalue weighted by Crippen LogP contribution is -2.67. The monoisotopic (exact) mass is 321 g/mol. The summed E-state index contributed by atoms with van der Waals surface area (Å²) in [4.78, 5) is 16.7. The Hall–Kier alpha value is -2.12. The number of rotatable bonds is 5. The number of aliphatic hydroxyl groups excluding tert-OH is 1. The standard InChI is InChI=1S/C16H20FN3O3/c1-23-16(10-21)8-20(9-16)15(22)18-5-4-11-7-19-14-3-2-12(17)6-13(11)14/h2-3,6-7,19,21H,4-5,8-10H2,1H3,(H,18,22). The molecule has 0 radical (unpaired) electrons. The molecule has 0 spiro atoms. The van der Waals surface area contributed by atoms with Crippen molar-refractivity contribution in [3.8, 4) is 0 Å². The van der Waals surface area contributed by atoms with Crippen LogP contribution in [0.15, 0.2) is 24.4 Å². The number of likely N-dealkylation sites (tertiary alicyclic amines) is 1. The zero-order valence-electron chi connectivity index (χ0n) is 12.9. The minimum Gasteiger partial charge on any atom is -0.393 e. The lowest BCUT2D eigenvalue weighted by molar-refractivity contribution is -0.131. The minimum atomic E-state index is -0.619. The Balaban J connectivity index is 1.51. The van der Waals surface area contributed by atoms with Crippen molar-refractivity contribution in [1.29, 1.82) is 0 Å². The first kappa shape index (κ1) is 15.8. The lowest BCUT2D eigenvalue weighted by atomic mass is 9.95. The van der Waals surface area contributed by atoms with E-state index in [2.05, 4.69) is 10.3 Å². The van der Waals surface area contributed by atoms with Crippen LogP contribution < -0.4 is 5.32 Å². The van der Waals surface area contributed by atoms with Gasteiger partial charge in [-0.3, -0.25) is 0 Å². The fraction of sp³-hybridized carbons (Fsp3) is 0.438. The number of H-pyrrole nitrogens is 1. The number of carbonyl (C=O) groups excluding carboxylic acids is 1. The maximum atomic E-state index is 13.3. The highest BCUT2D eigenvalue weighted by Gasteiger charge is 2.45. The summed E-state index contributed by atoms with van der Waals surface area (Å²) in [6, 6.07) is 4.42. The molecule has 1 aliphatic rings. The largest absolute Gasteiger partial charge is 0.393 e. The first-order valence-corrected chi connectivity index (χ1v) is 7.51. The molecule has 0 unspecified atom stereocenters. The highest BCUT2D eigenvalue weighted by Crippen LogP contribution is 2.24. The van der Waals surface area contributed by atoms with Gasteiger partial charge < -0.3 is 25.0 Å². The summed E-state index contributed by atoms with van der Waals surface area (Å²) in [5.41, 5.74) is 1.22. The lowest BCUT2D eigenvalue weighted by Gasteiger charge is -2.47. The van der Waals surface area contributed by atoms with Crippen molar-refractivity contribution in [3.63, 3.8) is 0 Å². The van der Waals surface area contributed by atoms with Crippen molar-refractivity contribution in [2.75, 3.05) is 33.4 Å². The van der Waals surface area contributed by atoms with Gasteiger partial charge in [-0.05, 0) is 30.2 Å². The van der Waals surface area contributed by atoms with Crippen molar-refractivity contribution in [2.24, 2.45) is 0 Å². The Morgan fingerprint density at radius 2 is 2.30 bits per heavy atom. The summed E-state index contributed by atoms with van der Waals surface area (Å²) in [6.07, 6.45) is 2.44. The van der Waals surface area contributed by atoms with Gasteiger partial charge in [0.1, 0.15) is 11.4 Å². The van der Waals surface area contributed by atoms with E-state index in [0.717, 1.165) is 16.5 Å². The number of aromatic nitrogens is 1. The number of aliphatic hydroxyl groups is 1. The molecule has 0 saturated carbocycles. The molecular formula is C16H20FN3O3. The van der Waals surface area contributed by atoms with Gasteiger partial charge in [0.15, 0.2) is 0 Å². The summed E-state index contributed by atoms with van der Waals surface area (Å²) >= 11 is 0. The fourth-order valence-corrected chi connectivity index (χ4v) is 2.86. The second-order valence-electron chi connectivity index (χ2n) is 5.89. The third-order valence-corrected chi connectivity index (χ3v) is 4.37. The molecule has 3 rings (SSSR count). The van der Waals surface area contributed by atoms with Crippen LogP contribution in [0.1, 0.15) is 5.56 Å². The fourth-order valence-electron chi connectivity index (χ4n) is 2.86. The number of fused-ring (bicyclic) bond motifs is 1. The van der Waals surface area contributed by atoms with Crippen LogP contribution in [0.25, 0.3) is 10.9 Å². The number of methoxy groups -OCH3 is 1. The Morgan fingerprint density at radius 1 is 1.52 bits per heavy atom. The van der Waals surface area contributed by atoms with E-state index < -0.39 is 5.60 Å². The van der Waals surface area contributed by atoms with Gasteiger partial charge in [0, 0.05) is 30.8 Å². The van der Waals surface area contributed by atoms with Gasteiger partial charge in [-0.1, -0.05) is 0 Å². The zero-order valence-corrected chi connectivity index (χ0v) is 12.9. The Kier molecular flexibility index (Phi) is 4.23. The second kappa shape index (κ2) is 6.17. The predicted molar refractivity (Wildman–Crippen MR) is 83.8 cm³/mol. The molecule has 0 atom stereocenters. The number of urea groups is 1. The molecule has 1 aromatic heterocycles. The molecule has 2 amide bonds. The molecule has 1 fully saturated rings. The number of hydrogen-bond acceptors (Lipinski definition) is 3. The summed E-state index contributed by atoms with van der Waals surface area (Å²) in [5, 5.41) is 12.9. The van der Waals surface area contributed by atoms with Gasteiger partial charge in [-0.15, -0.1) is 0 Å². The Morgan fingerprint density at radius 3 is 3.00 bits per heavy atom. The number of nitrogens with zero attached hydrogens (tertiary/aromatic N) is 1.